The largest absolute Gasteiger partial charge is 0.494 e. The van der Waals surface area contributed by atoms with Crippen LogP contribution >= 0.6 is 11.8 Å². The van der Waals surface area contributed by atoms with Crippen molar-refractivity contribution < 1.29 is 10.2 Å². The predicted octanol–water partition coefficient (Wildman–Crippen LogP) is 2.22. The molecule has 0 saturated carbocycles. The van der Waals surface area contributed by atoms with Gasteiger partial charge in [-0.25, -0.2) is 9.97 Å². The van der Waals surface area contributed by atoms with Crippen LogP contribution in [0.1, 0.15) is 35.8 Å². The molecule has 5 rings (SSSR count). The van der Waals surface area contributed by atoms with E-state index in [4.69, 9.17) is 0 Å². The normalized spacial score (nSPS) is 24.1. The minimum atomic E-state index is 0.313. The van der Waals surface area contributed by atoms with Crippen LogP contribution in [0, 0.1) is 0 Å². The molecule has 0 spiro atoms. The third-order valence-corrected chi connectivity index (χ3v) is 7.61. The monoisotopic (exact) mass is 401 g/mol. The first-order valence-electron chi connectivity index (χ1n) is 10.2. The fourth-order valence-corrected chi connectivity index (χ4v) is 6.28. The highest BCUT2D eigenvalue weighted by atomic mass is 32.2. The summed E-state index contributed by atoms with van der Waals surface area (Å²) < 4.78 is 1.73. The van der Waals surface area contributed by atoms with Crippen molar-refractivity contribution >= 4 is 17.7 Å². The molecule has 2 unspecified atom stereocenters. The Hall–Kier alpha value is -1.93. The number of aromatic nitrogens is 3. The molecule has 7 nitrogen and oxygen atoms in total. The Bertz CT molecular complexity index is 801. The third kappa shape index (κ3) is 3.03. The summed E-state index contributed by atoms with van der Waals surface area (Å²) >= 11 is 1.92. The van der Waals surface area contributed by atoms with Crippen molar-refractivity contribution in [3.8, 4) is 11.8 Å². The fraction of sp³-hybridized carbons (Fsp3) is 0.600. The highest BCUT2D eigenvalue weighted by Gasteiger charge is 2.48. The van der Waals surface area contributed by atoms with Gasteiger partial charge in [0.15, 0.2) is 11.8 Å². The number of hydrogen-bond donors (Lipinski definition) is 2. The van der Waals surface area contributed by atoms with Crippen molar-refractivity contribution in [2.24, 2.45) is 0 Å². The van der Waals surface area contributed by atoms with Gasteiger partial charge in [-0.1, -0.05) is 0 Å². The molecule has 1 aliphatic carbocycles. The molecular weight excluding hydrogens is 374 g/mol. The molecule has 0 amide bonds. The molecule has 2 fully saturated rings. The molecule has 0 radical (unpaired) electrons. The second-order valence-electron chi connectivity index (χ2n) is 7.96. The van der Waals surface area contributed by atoms with Crippen LogP contribution in [0.3, 0.4) is 0 Å². The molecule has 2 aliphatic heterocycles. The third-order valence-electron chi connectivity index (χ3n) is 6.42. The Kier molecular flexibility index (Phi) is 4.84. The van der Waals surface area contributed by atoms with E-state index >= 15 is 0 Å². The number of nitrogens with zero attached hydrogens (tertiary/aromatic N) is 5. The maximum atomic E-state index is 10.5. The van der Waals surface area contributed by atoms with Gasteiger partial charge < -0.3 is 15.1 Å². The van der Waals surface area contributed by atoms with Gasteiger partial charge in [-0.15, -0.1) is 0 Å². The Balaban J connectivity index is 1.09. The summed E-state index contributed by atoms with van der Waals surface area (Å²) in [5.74, 6) is 4.51. The second-order valence-corrected chi connectivity index (χ2v) is 9.04. The second kappa shape index (κ2) is 7.48. The molecule has 2 N–H and O–H groups in total. The lowest BCUT2D eigenvalue weighted by molar-refractivity contribution is 0.248. The minimum absolute atomic E-state index is 0.313. The maximum absolute atomic E-state index is 10.5. The molecule has 8 heteroatoms. The fourth-order valence-electron chi connectivity index (χ4n) is 4.83. The van der Waals surface area contributed by atoms with Crippen LogP contribution in [-0.2, 0) is 6.54 Å². The van der Waals surface area contributed by atoms with Crippen molar-refractivity contribution in [3.63, 3.8) is 0 Å². The van der Waals surface area contributed by atoms with Gasteiger partial charge in [0.25, 0.3) is 0 Å². The Labute approximate surface area is 169 Å². The van der Waals surface area contributed by atoms with E-state index in [0.29, 0.717) is 30.1 Å². The molecular formula is C20H27N5O2S. The molecule has 0 bridgehead atoms. The van der Waals surface area contributed by atoms with Crippen LogP contribution in [0.4, 0.5) is 5.95 Å². The van der Waals surface area contributed by atoms with E-state index in [1.807, 2.05) is 17.8 Å². The van der Waals surface area contributed by atoms with Crippen LogP contribution in [0.15, 0.2) is 18.5 Å². The Morgan fingerprint density at radius 3 is 2.14 bits per heavy atom. The summed E-state index contributed by atoms with van der Waals surface area (Å²) in [4.78, 5) is 13.4. The lowest BCUT2D eigenvalue weighted by Gasteiger charge is -2.34. The quantitative estimate of drug-likeness (QED) is 0.719. The first kappa shape index (κ1) is 18.1. The van der Waals surface area contributed by atoms with Gasteiger partial charge in [0.05, 0.1) is 0 Å². The average Bonchev–Trinajstić information content (AvgIpc) is 3.20. The van der Waals surface area contributed by atoms with Crippen LogP contribution in [0.2, 0.25) is 0 Å². The number of rotatable bonds is 6. The van der Waals surface area contributed by atoms with Crippen LogP contribution < -0.4 is 4.90 Å². The van der Waals surface area contributed by atoms with Gasteiger partial charge in [-0.05, 0) is 25.5 Å². The van der Waals surface area contributed by atoms with E-state index in [1.165, 1.54) is 0 Å². The smallest absolute Gasteiger partial charge is 0.225 e. The lowest BCUT2D eigenvalue weighted by Crippen LogP contribution is -2.47. The zero-order chi connectivity index (χ0) is 19.1. The lowest BCUT2D eigenvalue weighted by atomic mass is 9.72. The molecule has 3 aliphatic rings. The topological polar surface area (TPSA) is 77.7 Å². The first-order chi connectivity index (χ1) is 13.7. The average molecular weight is 402 g/mol. The van der Waals surface area contributed by atoms with E-state index < -0.39 is 0 Å². The molecule has 2 aromatic rings. The van der Waals surface area contributed by atoms with Gasteiger partial charge in [0, 0.05) is 79.6 Å². The van der Waals surface area contributed by atoms with Crippen molar-refractivity contribution in [3.05, 3.63) is 29.6 Å². The maximum Gasteiger partial charge on any atom is 0.225 e. The Morgan fingerprint density at radius 2 is 1.50 bits per heavy atom. The molecule has 2 saturated heterocycles. The van der Waals surface area contributed by atoms with E-state index in [0.717, 1.165) is 74.1 Å². The first-order valence-corrected chi connectivity index (χ1v) is 11.4. The minimum Gasteiger partial charge on any atom is -0.494 e. The highest BCUT2D eigenvalue weighted by molar-refractivity contribution is 7.99. The number of hydrogen-bond acceptors (Lipinski definition) is 7. The summed E-state index contributed by atoms with van der Waals surface area (Å²) in [6, 6.07) is 1.85. The molecule has 28 heavy (non-hydrogen) atoms. The summed E-state index contributed by atoms with van der Waals surface area (Å²) in [6.45, 7) is 5.69. The molecule has 2 aromatic heterocycles. The van der Waals surface area contributed by atoms with E-state index in [1.54, 1.807) is 17.0 Å². The molecule has 2 atom stereocenters. The number of anilines is 1. The molecule has 150 valence electrons. The molecule has 4 heterocycles. The summed E-state index contributed by atoms with van der Waals surface area (Å²) in [6.07, 6.45) is 5.61. The van der Waals surface area contributed by atoms with Crippen molar-refractivity contribution in [1.82, 2.24) is 19.4 Å². The number of fused-ring (bicyclic) bond motifs is 4. The van der Waals surface area contributed by atoms with Crippen LogP contribution in [-0.4, -0.2) is 73.9 Å². The summed E-state index contributed by atoms with van der Waals surface area (Å²) in [7, 11) is 0. The number of aromatic hydroxyl groups is 2. The van der Waals surface area contributed by atoms with Crippen LogP contribution in [0.25, 0.3) is 0 Å². The van der Waals surface area contributed by atoms with E-state index in [-0.39, 0.29) is 0 Å². The van der Waals surface area contributed by atoms with Gasteiger partial charge >= 0.3 is 0 Å². The Morgan fingerprint density at radius 1 is 0.893 bits per heavy atom. The number of thioether (sulfide) groups is 1. The SMILES string of the molecule is Oc1c2c(c(O)n1CCCCN1CCN(c3ncccn3)CC1)C1CSCC21. The zero-order valence-electron chi connectivity index (χ0n) is 16.0. The van der Waals surface area contributed by atoms with Gasteiger partial charge in [0.1, 0.15) is 0 Å². The number of piperazine rings is 1. The van der Waals surface area contributed by atoms with Crippen molar-refractivity contribution in [1.29, 1.82) is 0 Å². The summed E-state index contributed by atoms with van der Waals surface area (Å²) in [5, 5.41) is 21.1. The predicted molar refractivity (Wildman–Crippen MR) is 110 cm³/mol. The van der Waals surface area contributed by atoms with Gasteiger partial charge in [-0.2, -0.15) is 11.8 Å². The van der Waals surface area contributed by atoms with Crippen molar-refractivity contribution in [2.75, 3.05) is 49.1 Å². The standard InChI is InChI=1S/C20H27N5O2S/c26-18-16-14-12-28-13-15(14)17(16)19(27)25(18)7-2-1-6-23-8-10-24(11-9-23)20-21-4-3-5-22-20/h3-5,14-15,26-27H,1-2,6-13H2. The zero-order valence-corrected chi connectivity index (χ0v) is 16.8. The number of unbranched alkanes of at least 4 members (excludes halogenated alkanes) is 1. The summed E-state index contributed by atoms with van der Waals surface area (Å²) in [5.41, 5.74) is 2.04. The van der Waals surface area contributed by atoms with E-state index in [9.17, 15) is 10.2 Å². The molecule has 0 aromatic carbocycles. The van der Waals surface area contributed by atoms with Crippen molar-refractivity contribution in [2.45, 2.75) is 31.2 Å². The highest BCUT2D eigenvalue weighted by Crippen LogP contribution is 2.61. The van der Waals surface area contributed by atoms with Gasteiger partial charge in [0.2, 0.25) is 5.95 Å². The van der Waals surface area contributed by atoms with Gasteiger partial charge in [-0.3, -0.25) is 9.47 Å². The van der Waals surface area contributed by atoms with E-state index in [2.05, 4.69) is 19.8 Å². The van der Waals surface area contributed by atoms with Crippen LogP contribution in [0.5, 0.6) is 11.8 Å².